The third-order valence-electron chi connectivity index (χ3n) is 3.88. The third kappa shape index (κ3) is 5.34. The smallest absolute Gasteiger partial charge is 0.317 e. The summed E-state index contributed by atoms with van der Waals surface area (Å²) >= 11 is 0. The predicted octanol–water partition coefficient (Wildman–Crippen LogP) is 2.88. The van der Waals surface area contributed by atoms with Gasteiger partial charge in [-0.3, -0.25) is 4.79 Å². The first-order valence-corrected chi connectivity index (χ1v) is 8.89. The fourth-order valence-corrected chi connectivity index (χ4v) is 2.68. The van der Waals surface area contributed by atoms with Gasteiger partial charge in [-0.05, 0) is 52.8 Å². The Morgan fingerprint density at radius 3 is 2.19 bits per heavy atom. The van der Waals surface area contributed by atoms with Crippen LogP contribution >= 0.6 is 0 Å². The fourth-order valence-electron chi connectivity index (χ4n) is 2.68. The zero-order valence-electron chi connectivity index (χ0n) is 16.1. The molecule has 1 heterocycles. The quantitative estimate of drug-likeness (QED) is 0.896. The van der Waals surface area contributed by atoms with E-state index in [0.29, 0.717) is 26.2 Å². The molecule has 1 aromatic carbocycles. The number of hydrogen-bond acceptors (Lipinski definition) is 3. The molecule has 0 aromatic heterocycles. The Bertz CT molecular complexity index is 662. The topological polar surface area (TPSA) is 61.9 Å². The summed E-state index contributed by atoms with van der Waals surface area (Å²) in [6, 6.07) is 4.13. The normalized spacial score (nSPS) is 15.2. The largest absolute Gasteiger partial charge is 0.488 e. The van der Waals surface area contributed by atoms with Crippen LogP contribution in [0.25, 0.3) is 0 Å². The first-order valence-electron chi connectivity index (χ1n) is 8.89. The van der Waals surface area contributed by atoms with Gasteiger partial charge in [0, 0.05) is 37.3 Å². The molecule has 1 saturated heterocycles. The van der Waals surface area contributed by atoms with Gasteiger partial charge in [-0.2, -0.15) is 0 Å². The van der Waals surface area contributed by atoms with Gasteiger partial charge in [0.1, 0.15) is 0 Å². The second kappa shape index (κ2) is 7.93. The van der Waals surface area contributed by atoms with Crippen LogP contribution in [0.1, 0.15) is 45.0 Å². The summed E-state index contributed by atoms with van der Waals surface area (Å²) in [5.41, 5.74) is -0.0207. The molecule has 0 radical (unpaired) electrons. The van der Waals surface area contributed by atoms with Gasteiger partial charge in [0.2, 0.25) is 0 Å². The zero-order chi connectivity index (χ0) is 19.5. The molecule has 26 heavy (non-hydrogen) atoms. The van der Waals surface area contributed by atoms with Crippen LogP contribution in [-0.4, -0.2) is 59.6 Å². The summed E-state index contributed by atoms with van der Waals surface area (Å²) in [4.78, 5) is 28.1. The van der Waals surface area contributed by atoms with Crippen LogP contribution in [0, 0.1) is 5.82 Å². The lowest BCUT2D eigenvalue weighted by atomic mass is 10.1. The number of amides is 3. The summed E-state index contributed by atoms with van der Waals surface area (Å²) in [6.45, 7) is 11.1. The SMILES string of the molecule is CC(C)Oc1ccc(C(=O)N2CCN(C(=O)NC(C)(C)C)CC2)cc1F. The Morgan fingerprint density at radius 2 is 1.69 bits per heavy atom. The third-order valence-corrected chi connectivity index (χ3v) is 3.88. The molecule has 0 aliphatic carbocycles. The first kappa shape index (κ1) is 20.0. The molecule has 1 N–H and O–H groups in total. The van der Waals surface area contributed by atoms with Crippen molar-refractivity contribution in [3.63, 3.8) is 0 Å². The van der Waals surface area contributed by atoms with Crippen molar-refractivity contribution in [2.45, 2.75) is 46.3 Å². The maximum atomic E-state index is 14.1. The summed E-state index contributed by atoms with van der Waals surface area (Å²) in [5.74, 6) is -0.649. The summed E-state index contributed by atoms with van der Waals surface area (Å²) in [7, 11) is 0. The van der Waals surface area contributed by atoms with Gasteiger partial charge in [0.25, 0.3) is 5.91 Å². The van der Waals surface area contributed by atoms with Gasteiger partial charge >= 0.3 is 6.03 Å². The van der Waals surface area contributed by atoms with E-state index in [2.05, 4.69) is 5.32 Å². The molecular formula is C19H28FN3O3. The van der Waals surface area contributed by atoms with E-state index < -0.39 is 5.82 Å². The van der Waals surface area contributed by atoms with Crippen LogP contribution < -0.4 is 10.1 Å². The van der Waals surface area contributed by atoms with Gasteiger partial charge < -0.3 is 19.9 Å². The molecule has 1 fully saturated rings. The number of rotatable bonds is 3. The predicted molar refractivity (Wildman–Crippen MR) is 97.9 cm³/mol. The van der Waals surface area contributed by atoms with Crippen LogP contribution in [0.5, 0.6) is 5.75 Å². The Kier molecular flexibility index (Phi) is 6.10. The molecule has 0 unspecified atom stereocenters. The first-order chi connectivity index (χ1) is 12.1. The Labute approximate surface area is 154 Å². The number of hydrogen-bond donors (Lipinski definition) is 1. The van der Waals surface area contributed by atoms with E-state index in [9.17, 15) is 14.0 Å². The average Bonchev–Trinajstić information content (AvgIpc) is 2.54. The molecule has 0 spiro atoms. The number of carbonyl (C=O) groups excluding carboxylic acids is 2. The molecule has 0 saturated carbocycles. The number of urea groups is 1. The van der Waals surface area contributed by atoms with E-state index in [1.807, 2.05) is 34.6 Å². The van der Waals surface area contributed by atoms with Gasteiger partial charge in [0.15, 0.2) is 11.6 Å². The summed E-state index contributed by atoms with van der Waals surface area (Å²) in [5, 5.41) is 2.91. The molecule has 1 aliphatic heterocycles. The molecule has 3 amide bonds. The van der Waals surface area contributed by atoms with E-state index in [-0.39, 0.29) is 34.9 Å². The van der Waals surface area contributed by atoms with Crippen molar-refractivity contribution in [3.05, 3.63) is 29.6 Å². The monoisotopic (exact) mass is 365 g/mol. The lowest BCUT2D eigenvalue weighted by molar-refractivity contribution is 0.0660. The highest BCUT2D eigenvalue weighted by Gasteiger charge is 2.27. The number of benzene rings is 1. The molecule has 0 bridgehead atoms. The fraction of sp³-hybridized carbons (Fsp3) is 0.579. The van der Waals surface area contributed by atoms with Crippen molar-refractivity contribution in [1.29, 1.82) is 0 Å². The summed E-state index contributed by atoms with van der Waals surface area (Å²) < 4.78 is 19.5. The second-order valence-corrected chi connectivity index (χ2v) is 7.77. The lowest BCUT2D eigenvalue weighted by Crippen LogP contribution is -2.56. The molecule has 2 rings (SSSR count). The molecular weight excluding hydrogens is 337 g/mol. The Balaban J connectivity index is 1.96. The molecule has 144 valence electrons. The van der Waals surface area contributed by atoms with Gasteiger partial charge in [-0.25, -0.2) is 9.18 Å². The number of ether oxygens (including phenoxy) is 1. The van der Waals surface area contributed by atoms with Crippen molar-refractivity contribution in [2.75, 3.05) is 26.2 Å². The average molecular weight is 365 g/mol. The van der Waals surface area contributed by atoms with E-state index in [1.54, 1.807) is 15.9 Å². The van der Waals surface area contributed by atoms with Crippen molar-refractivity contribution >= 4 is 11.9 Å². The van der Waals surface area contributed by atoms with Crippen molar-refractivity contribution < 1.29 is 18.7 Å². The van der Waals surface area contributed by atoms with E-state index in [0.717, 1.165) is 0 Å². The number of nitrogens with zero attached hydrogens (tertiary/aromatic N) is 2. The van der Waals surface area contributed by atoms with E-state index in [4.69, 9.17) is 4.74 Å². The number of carbonyl (C=O) groups is 2. The number of piperazine rings is 1. The molecule has 7 heteroatoms. The highest BCUT2D eigenvalue weighted by molar-refractivity contribution is 5.94. The minimum Gasteiger partial charge on any atom is -0.488 e. The number of nitrogens with one attached hydrogen (secondary N) is 1. The van der Waals surface area contributed by atoms with Crippen molar-refractivity contribution in [2.24, 2.45) is 0 Å². The Hall–Kier alpha value is -2.31. The standard InChI is InChI=1S/C19H28FN3O3/c1-13(2)26-16-7-6-14(12-15(16)20)17(24)22-8-10-23(11-9-22)18(25)21-19(3,4)5/h6-7,12-13H,8-11H2,1-5H3,(H,21,25). The molecule has 6 nitrogen and oxygen atoms in total. The van der Waals surface area contributed by atoms with Crippen molar-refractivity contribution in [3.8, 4) is 5.75 Å². The van der Waals surface area contributed by atoms with Crippen LogP contribution in [0.4, 0.5) is 9.18 Å². The Morgan fingerprint density at radius 1 is 1.12 bits per heavy atom. The van der Waals surface area contributed by atoms with Crippen LogP contribution in [0.3, 0.4) is 0 Å². The minimum atomic E-state index is -0.548. The zero-order valence-corrected chi connectivity index (χ0v) is 16.1. The highest BCUT2D eigenvalue weighted by atomic mass is 19.1. The molecule has 1 aliphatic rings. The molecule has 0 atom stereocenters. The van der Waals surface area contributed by atoms with Crippen LogP contribution in [0.15, 0.2) is 18.2 Å². The van der Waals surface area contributed by atoms with E-state index >= 15 is 0 Å². The van der Waals surface area contributed by atoms with E-state index in [1.165, 1.54) is 12.1 Å². The highest BCUT2D eigenvalue weighted by Crippen LogP contribution is 2.21. The van der Waals surface area contributed by atoms with Crippen molar-refractivity contribution in [1.82, 2.24) is 15.1 Å². The van der Waals surface area contributed by atoms with Gasteiger partial charge in [0.05, 0.1) is 6.10 Å². The maximum absolute atomic E-state index is 14.1. The van der Waals surface area contributed by atoms with Gasteiger partial charge in [-0.1, -0.05) is 0 Å². The molecule has 1 aromatic rings. The lowest BCUT2D eigenvalue weighted by Gasteiger charge is -2.36. The maximum Gasteiger partial charge on any atom is 0.317 e. The van der Waals surface area contributed by atoms with Gasteiger partial charge in [-0.15, -0.1) is 0 Å². The second-order valence-electron chi connectivity index (χ2n) is 7.77. The summed E-state index contributed by atoms with van der Waals surface area (Å²) in [6.07, 6.45) is -0.140. The van der Waals surface area contributed by atoms with Crippen LogP contribution in [0.2, 0.25) is 0 Å². The van der Waals surface area contributed by atoms with Crippen LogP contribution in [-0.2, 0) is 0 Å². The minimum absolute atomic E-state index is 0.133. The number of halogens is 1.